The number of carbonyl (C=O) groups is 2. The topological polar surface area (TPSA) is 122 Å². The molecule has 3 aliphatic carbocycles. The summed E-state index contributed by atoms with van der Waals surface area (Å²) < 4.78 is 42.6. The normalized spacial score (nSPS) is 47.1. The second-order valence-electron chi connectivity index (χ2n) is 16.1. The number of cyclic esters (lactones) is 1. The van der Waals surface area contributed by atoms with E-state index in [1.165, 1.54) is 0 Å². The number of nitrogens with zero attached hydrogens (tertiary/aromatic N) is 1. The van der Waals surface area contributed by atoms with Crippen molar-refractivity contribution < 1.29 is 47.9 Å². The standard InChI is InChI=1S/C39H61NO10/c1-20-10-9-11-32(50-34-15-14-31(40(5)6)22(3)47-34)21(2)35(42)30-18-28-26(29(30)19-33(41)46-20)13-12-24-16-25(17-27(24)28)49-39-36(43)38(45-8)37(44-7)23(4)48-39/h12-13,18,20-29,31-32,34,36-39,43H,9-11,14-17,19H2,1-8H3/t20-,21+,22+,23-,24+,25+,26+,27+,28?,29-,31-,32-,34-,36+,37-,38-,39-/m0/s1. The summed E-state index contributed by atoms with van der Waals surface area (Å²) in [5.41, 5.74) is 0.736. The molecule has 6 rings (SSSR count). The molecule has 4 fully saturated rings. The van der Waals surface area contributed by atoms with E-state index in [2.05, 4.69) is 44.1 Å². The third kappa shape index (κ3) is 7.81. The Labute approximate surface area is 298 Å². The van der Waals surface area contributed by atoms with Crippen LogP contribution in [0.1, 0.15) is 79.1 Å². The van der Waals surface area contributed by atoms with E-state index in [4.69, 9.17) is 33.2 Å². The smallest absolute Gasteiger partial charge is 0.306 e. The van der Waals surface area contributed by atoms with Crippen LogP contribution in [0.4, 0.5) is 0 Å². The van der Waals surface area contributed by atoms with Gasteiger partial charge in [-0.1, -0.05) is 25.2 Å². The maximum absolute atomic E-state index is 14.5. The molecule has 0 bridgehead atoms. The van der Waals surface area contributed by atoms with Crippen LogP contribution in [-0.2, 0) is 42.7 Å². The second-order valence-corrected chi connectivity index (χ2v) is 16.1. The second kappa shape index (κ2) is 16.1. The molecule has 1 N–H and O–H groups in total. The Kier molecular flexibility index (Phi) is 12.3. The van der Waals surface area contributed by atoms with E-state index in [9.17, 15) is 14.7 Å². The number of hydrogen-bond acceptors (Lipinski definition) is 11. The molecule has 17 atom stereocenters. The molecule has 0 amide bonds. The Morgan fingerprint density at radius 2 is 1.62 bits per heavy atom. The Hall–Kier alpha value is -1.70. The quantitative estimate of drug-likeness (QED) is 0.299. The number of ether oxygens (including phenoxy) is 7. The molecule has 0 radical (unpaired) electrons. The first-order valence-electron chi connectivity index (χ1n) is 19.1. The van der Waals surface area contributed by atoms with Gasteiger partial charge in [0.1, 0.15) is 18.3 Å². The van der Waals surface area contributed by atoms with E-state index in [1.54, 1.807) is 14.2 Å². The highest BCUT2D eigenvalue weighted by molar-refractivity contribution is 5.99. The molecule has 3 aliphatic heterocycles. The highest BCUT2D eigenvalue weighted by atomic mass is 16.7. The lowest BCUT2D eigenvalue weighted by atomic mass is 9.70. The molecule has 1 saturated carbocycles. The van der Waals surface area contributed by atoms with E-state index in [0.29, 0.717) is 12.5 Å². The summed E-state index contributed by atoms with van der Waals surface area (Å²) >= 11 is 0. The Morgan fingerprint density at radius 3 is 2.32 bits per heavy atom. The van der Waals surface area contributed by atoms with Gasteiger partial charge >= 0.3 is 5.97 Å². The largest absolute Gasteiger partial charge is 0.463 e. The molecule has 1 unspecified atom stereocenters. The summed E-state index contributed by atoms with van der Waals surface area (Å²) in [4.78, 5) is 30.0. The molecular weight excluding hydrogens is 642 g/mol. The number of ketones is 1. The van der Waals surface area contributed by atoms with E-state index >= 15 is 0 Å². The number of aliphatic hydroxyl groups is 1. The first-order valence-corrected chi connectivity index (χ1v) is 19.1. The molecule has 0 aromatic heterocycles. The van der Waals surface area contributed by atoms with Gasteiger partial charge in [0.25, 0.3) is 0 Å². The fraction of sp³-hybridized carbons (Fsp3) is 0.846. The summed E-state index contributed by atoms with van der Waals surface area (Å²) in [6.45, 7) is 7.94. The highest BCUT2D eigenvalue weighted by Gasteiger charge is 2.52. The fourth-order valence-electron chi connectivity index (χ4n) is 9.98. The molecule has 282 valence electrons. The maximum Gasteiger partial charge on any atom is 0.306 e. The lowest BCUT2D eigenvalue weighted by Crippen LogP contribution is -2.59. The molecular formula is C39H61NO10. The lowest BCUT2D eigenvalue weighted by molar-refractivity contribution is -0.310. The number of methoxy groups -OCH3 is 2. The minimum Gasteiger partial charge on any atom is -0.463 e. The first kappa shape index (κ1) is 38.0. The van der Waals surface area contributed by atoms with Crippen LogP contribution in [0.2, 0.25) is 0 Å². The van der Waals surface area contributed by atoms with E-state index < -0.39 is 24.6 Å². The van der Waals surface area contributed by atoms with Crippen molar-refractivity contribution in [3.63, 3.8) is 0 Å². The Balaban J connectivity index is 1.19. The monoisotopic (exact) mass is 703 g/mol. The summed E-state index contributed by atoms with van der Waals surface area (Å²) in [5, 5.41) is 11.1. The lowest BCUT2D eigenvalue weighted by Gasteiger charge is -2.42. The molecule has 11 nitrogen and oxygen atoms in total. The molecule has 0 aromatic rings. The zero-order chi connectivity index (χ0) is 35.9. The predicted molar refractivity (Wildman–Crippen MR) is 185 cm³/mol. The van der Waals surface area contributed by atoms with Crippen LogP contribution in [0, 0.1) is 35.5 Å². The minimum absolute atomic E-state index is 0.0219. The minimum atomic E-state index is -0.989. The Bertz CT molecular complexity index is 1260. The van der Waals surface area contributed by atoms with Gasteiger partial charge in [0.05, 0.1) is 36.9 Å². The summed E-state index contributed by atoms with van der Waals surface area (Å²) in [7, 11) is 7.31. The number of esters is 1. The molecule has 3 saturated heterocycles. The molecule has 0 spiro atoms. The zero-order valence-corrected chi connectivity index (χ0v) is 31.3. The fourth-order valence-corrected chi connectivity index (χ4v) is 9.98. The SMILES string of the molecule is CO[C@@H]1[C@@H](OC)[C@@H](O)[C@H](O[C@@H]2C[C@H]3C=C[C@@H]4C(C=C5C(=O)[C@H](C)[C@@H](O[C@H]6CC[C@H](N(C)C)[C@@H](C)O6)CCC[C@H](C)OC(=O)C[C@H]54)[C@@H]3C2)O[C@H]1C. The zero-order valence-electron chi connectivity index (χ0n) is 31.3. The van der Waals surface area contributed by atoms with Gasteiger partial charge in [-0.2, -0.15) is 0 Å². The first-order chi connectivity index (χ1) is 23.9. The van der Waals surface area contributed by atoms with Crippen LogP contribution in [0.25, 0.3) is 0 Å². The molecule has 0 aromatic carbocycles. The Morgan fingerprint density at radius 1 is 0.860 bits per heavy atom. The number of carbonyl (C=O) groups excluding carboxylic acids is 2. The number of fused-ring (bicyclic) bond motifs is 5. The van der Waals surface area contributed by atoms with Crippen LogP contribution in [0.15, 0.2) is 23.8 Å². The van der Waals surface area contributed by atoms with Gasteiger partial charge in [0.2, 0.25) is 0 Å². The number of Topliss-reactive ketones (excluding diaryl/α,β-unsaturated/α-hetero) is 1. The average molecular weight is 704 g/mol. The van der Waals surface area contributed by atoms with Crippen LogP contribution in [0.3, 0.4) is 0 Å². The van der Waals surface area contributed by atoms with Gasteiger partial charge in [-0.25, -0.2) is 0 Å². The van der Waals surface area contributed by atoms with Crippen molar-refractivity contribution in [3.8, 4) is 0 Å². The van der Waals surface area contributed by atoms with Crippen molar-refractivity contribution in [2.24, 2.45) is 35.5 Å². The average Bonchev–Trinajstić information content (AvgIpc) is 3.65. The van der Waals surface area contributed by atoms with E-state index in [0.717, 1.165) is 44.1 Å². The van der Waals surface area contributed by atoms with Crippen molar-refractivity contribution in [3.05, 3.63) is 23.8 Å². The van der Waals surface area contributed by atoms with Gasteiger partial charge < -0.3 is 43.2 Å². The summed E-state index contributed by atoms with van der Waals surface area (Å²) in [5.74, 6) is -0.203. The summed E-state index contributed by atoms with van der Waals surface area (Å²) in [6.07, 6.45) is 8.30. The molecule has 3 heterocycles. The van der Waals surface area contributed by atoms with Crippen LogP contribution in [0.5, 0.6) is 0 Å². The number of hydrogen-bond donors (Lipinski definition) is 1. The van der Waals surface area contributed by atoms with Crippen LogP contribution < -0.4 is 0 Å². The van der Waals surface area contributed by atoms with Gasteiger partial charge in [0, 0.05) is 32.1 Å². The number of likely N-dealkylation sites (N-methyl/N-ethyl adjacent to an activating group) is 1. The van der Waals surface area contributed by atoms with Crippen molar-refractivity contribution in [2.45, 2.75) is 147 Å². The van der Waals surface area contributed by atoms with E-state index in [1.807, 2.05) is 20.8 Å². The number of rotatable bonds is 7. The maximum atomic E-state index is 14.5. The van der Waals surface area contributed by atoms with Crippen LogP contribution in [-0.4, -0.2) is 118 Å². The van der Waals surface area contributed by atoms with Gasteiger partial charge in [-0.05, 0) is 109 Å². The summed E-state index contributed by atoms with van der Waals surface area (Å²) in [6, 6.07) is 0.333. The van der Waals surface area contributed by atoms with Crippen molar-refractivity contribution in [1.29, 1.82) is 0 Å². The van der Waals surface area contributed by atoms with Crippen molar-refractivity contribution >= 4 is 11.8 Å². The van der Waals surface area contributed by atoms with Crippen molar-refractivity contribution in [1.82, 2.24) is 4.90 Å². The van der Waals surface area contributed by atoms with Gasteiger partial charge in [-0.15, -0.1) is 0 Å². The molecule has 6 aliphatic rings. The number of allylic oxidation sites excluding steroid dienone is 4. The third-order valence-electron chi connectivity index (χ3n) is 12.7. The van der Waals surface area contributed by atoms with Gasteiger partial charge in [0.15, 0.2) is 18.4 Å². The van der Waals surface area contributed by atoms with Crippen molar-refractivity contribution in [2.75, 3.05) is 28.3 Å². The number of aliphatic hydroxyl groups excluding tert-OH is 1. The van der Waals surface area contributed by atoms with Crippen LogP contribution >= 0.6 is 0 Å². The van der Waals surface area contributed by atoms with Gasteiger partial charge in [-0.3, -0.25) is 9.59 Å². The highest BCUT2D eigenvalue weighted by Crippen LogP contribution is 2.54. The predicted octanol–water partition coefficient (Wildman–Crippen LogP) is 4.44. The molecule has 50 heavy (non-hydrogen) atoms. The molecule has 11 heteroatoms. The van der Waals surface area contributed by atoms with E-state index in [-0.39, 0.29) is 90.5 Å². The third-order valence-corrected chi connectivity index (χ3v) is 12.7.